The second kappa shape index (κ2) is 5.26. The largest absolute Gasteiger partial charge is 0.311 e. The van der Waals surface area contributed by atoms with Crippen LogP contribution in [0, 0.1) is 5.92 Å². The van der Waals surface area contributed by atoms with Gasteiger partial charge in [0, 0.05) is 12.1 Å². The Hall–Kier alpha value is -0.150. The maximum Gasteiger partial charge on any atom is 0.131 e. The predicted octanol–water partition coefficient (Wildman–Crippen LogP) is 1.85. The molecule has 4 atom stereocenters. The van der Waals surface area contributed by atoms with E-state index in [0.717, 1.165) is 25.9 Å². The van der Waals surface area contributed by atoms with Gasteiger partial charge in [-0.25, -0.2) is 4.39 Å². The quantitative estimate of drug-likeness (QED) is 0.733. The molecule has 0 spiro atoms. The highest BCUT2D eigenvalue weighted by Gasteiger charge is 2.32. The average molecular weight is 214 g/mol. The molecule has 0 aliphatic carbocycles. The van der Waals surface area contributed by atoms with E-state index in [2.05, 4.69) is 17.6 Å². The predicted molar refractivity (Wildman–Crippen MR) is 60.7 cm³/mol. The summed E-state index contributed by atoms with van der Waals surface area (Å²) in [5.74, 6) is 0.679. The van der Waals surface area contributed by atoms with Crippen molar-refractivity contribution in [3.05, 3.63) is 0 Å². The maximum atomic E-state index is 14.2. The first-order valence-electron chi connectivity index (χ1n) is 6.38. The number of rotatable bonds is 2. The Morgan fingerprint density at radius 2 is 1.87 bits per heavy atom. The summed E-state index contributed by atoms with van der Waals surface area (Å²) in [6, 6.07) is 0.186. The molecule has 2 nitrogen and oxygen atoms in total. The van der Waals surface area contributed by atoms with E-state index in [-0.39, 0.29) is 12.1 Å². The first-order chi connectivity index (χ1) is 7.27. The molecular formula is C12H23FN2. The van der Waals surface area contributed by atoms with E-state index < -0.39 is 6.17 Å². The van der Waals surface area contributed by atoms with E-state index in [1.807, 2.05) is 0 Å². The van der Waals surface area contributed by atoms with Crippen LogP contribution in [0.25, 0.3) is 0 Å². The standard InChI is InChI=1S/C12H23FN2/c1-9-5-7-15-11(8-9)12(13)10-4-2-3-6-14-10/h9-12,14-15H,2-8H2,1H3. The van der Waals surface area contributed by atoms with Crippen LogP contribution in [0.2, 0.25) is 0 Å². The van der Waals surface area contributed by atoms with Crippen molar-refractivity contribution in [2.24, 2.45) is 5.92 Å². The second-order valence-corrected chi connectivity index (χ2v) is 5.19. The molecule has 2 saturated heterocycles. The zero-order valence-corrected chi connectivity index (χ0v) is 9.64. The first-order valence-corrected chi connectivity index (χ1v) is 6.38. The summed E-state index contributed by atoms with van der Waals surface area (Å²) in [5.41, 5.74) is 0. The maximum absolute atomic E-state index is 14.2. The Kier molecular flexibility index (Phi) is 3.98. The highest BCUT2D eigenvalue weighted by atomic mass is 19.1. The highest BCUT2D eigenvalue weighted by Crippen LogP contribution is 2.23. The summed E-state index contributed by atoms with van der Waals surface area (Å²) in [4.78, 5) is 0. The Labute approximate surface area is 92.0 Å². The van der Waals surface area contributed by atoms with Crippen LogP contribution < -0.4 is 10.6 Å². The van der Waals surface area contributed by atoms with Crippen molar-refractivity contribution in [3.8, 4) is 0 Å². The normalized spacial score (nSPS) is 40.0. The van der Waals surface area contributed by atoms with E-state index in [4.69, 9.17) is 0 Å². The van der Waals surface area contributed by atoms with Crippen LogP contribution in [-0.4, -0.2) is 31.3 Å². The van der Waals surface area contributed by atoms with Crippen LogP contribution in [0.5, 0.6) is 0 Å². The minimum absolute atomic E-state index is 0.0874. The molecule has 0 saturated carbocycles. The van der Waals surface area contributed by atoms with Gasteiger partial charge in [-0.3, -0.25) is 0 Å². The molecule has 0 aromatic carbocycles. The zero-order valence-electron chi connectivity index (χ0n) is 9.64. The number of halogens is 1. The van der Waals surface area contributed by atoms with Crippen LogP contribution in [0.15, 0.2) is 0 Å². The Balaban J connectivity index is 1.85. The van der Waals surface area contributed by atoms with Crippen molar-refractivity contribution in [1.29, 1.82) is 0 Å². The van der Waals surface area contributed by atoms with Crippen molar-refractivity contribution in [2.45, 2.75) is 57.3 Å². The topological polar surface area (TPSA) is 24.1 Å². The molecule has 0 bridgehead atoms. The van der Waals surface area contributed by atoms with Gasteiger partial charge < -0.3 is 10.6 Å². The summed E-state index contributed by atoms with van der Waals surface area (Å²) in [7, 11) is 0. The van der Waals surface area contributed by atoms with Gasteiger partial charge in [0.1, 0.15) is 6.17 Å². The molecule has 2 rings (SSSR count). The van der Waals surface area contributed by atoms with E-state index >= 15 is 0 Å². The average Bonchev–Trinajstić information content (AvgIpc) is 2.29. The van der Waals surface area contributed by atoms with Crippen LogP contribution in [0.4, 0.5) is 4.39 Å². The molecule has 2 heterocycles. The minimum atomic E-state index is -0.701. The van der Waals surface area contributed by atoms with Gasteiger partial charge in [0.05, 0.1) is 0 Å². The third kappa shape index (κ3) is 2.91. The monoisotopic (exact) mass is 214 g/mol. The molecule has 15 heavy (non-hydrogen) atoms. The molecule has 0 aromatic rings. The molecule has 0 aromatic heterocycles. The van der Waals surface area contributed by atoms with Gasteiger partial charge in [-0.15, -0.1) is 0 Å². The van der Waals surface area contributed by atoms with Crippen LogP contribution in [-0.2, 0) is 0 Å². The zero-order chi connectivity index (χ0) is 10.7. The fraction of sp³-hybridized carbons (Fsp3) is 1.00. The first kappa shape index (κ1) is 11.3. The number of hydrogen-bond acceptors (Lipinski definition) is 2. The smallest absolute Gasteiger partial charge is 0.131 e. The fourth-order valence-electron chi connectivity index (χ4n) is 2.82. The number of alkyl halides is 1. The molecule has 2 aliphatic rings. The molecule has 0 amide bonds. The van der Waals surface area contributed by atoms with Crippen molar-refractivity contribution in [3.63, 3.8) is 0 Å². The summed E-state index contributed by atoms with van der Waals surface area (Å²) < 4.78 is 14.2. The molecule has 4 unspecified atom stereocenters. The van der Waals surface area contributed by atoms with E-state index in [0.29, 0.717) is 5.92 Å². The third-order valence-corrected chi connectivity index (χ3v) is 3.82. The summed E-state index contributed by atoms with van der Waals surface area (Å²) >= 11 is 0. The summed E-state index contributed by atoms with van der Waals surface area (Å²) in [5, 5.41) is 6.65. The molecule has 2 N–H and O–H groups in total. The molecule has 0 radical (unpaired) electrons. The number of hydrogen-bond donors (Lipinski definition) is 2. The molecular weight excluding hydrogens is 191 g/mol. The van der Waals surface area contributed by atoms with Gasteiger partial charge in [-0.1, -0.05) is 13.3 Å². The van der Waals surface area contributed by atoms with E-state index in [1.165, 1.54) is 19.3 Å². The van der Waals surface area contributed by atoms with Crippen molar-refractivity contribution >= 4 is 0 Å². The van der Waals surface area contributed by atoms with E-state index in [1.54, 1.807) is 0 Å². The van der Waals surface area contributed by atoms with Crippen LogP contribution in [0.1, 0.15) is 39.0 Å². The Morgan fingerprint density at radius 3 is 2.53 bits per heavy atom. The summed E-state index contributed by atoms with van der Waals surface area (Å²) in [6.07, 6.45) is 4.89. The lowest BCUT2D eigenvalue weighted by Gasteiger charge is -2.36. The van der Waals surface area contributed by atoms with Crippen molar-refractivity contribution < 1.29 is 4.39 Å². The third-order valence-electron chi connectivity index (χ3n) is 3.82. The van der Waals surface area contributed by atoms with Crippen LogP contribution >= 0.6 is 0 Å². The minimum Gasteiger partial charge on any atom is -0.311 e. The lowest BCUT2D eigenvalue weighted by Crippen LogP contribution is -2.53. The van der Waals surface area contributed by atoms with Gasteiger partial charge in [-0.05, 0) is 44.7 Å². The fourth-order valence-corrected chi connectivity index (χ4v) is 2.82. The van der Waals surface area contributed by atoms with Crippen molar-refractivity contribution in [2.75, 3.05) is 13.1 Å². The lowest BCUT2D eigenvalue weighted by atomic mass is 9.87. The Bertz CT molecular complexity index is 192. The molecule has 2 aliphatic heterocycles. The van der Waals surface area contributed by atoms with Gasteiger partial charge >= 0.3 is 0 Å². The molecule has 3 heteroatoms. The number of nitrogens with one attached hydrogen (secondary N) is 2. The van der Waals surface area contributed by atoms with Gasteiger partial charge in [0.15, 0.2) is 0 Å². The van der Waals surface area contributed by atoms with Gasteiger partial charge in [0.2, 0.25) is 0 Å². The number of piperidine rings is 2. The van der Waals surface area contributed by atoms with Crippen LogP contribution in [0.3, 0.4) is 0 Å². The lowest BCUT2D eigenvalue weighted by molar-refractivity contribution is 0.136. The van der Waals surface area contributed by atoms with Gasteiger partial charge in [-0.2, -0.15) is 0 Å². The van der Waals surface area contributed by atoms with E-state index in [9.17, 15) is 4.39 Å². The second-order valence-electron chi connectivity index (χ2n) is 5.19. The van der Waals surface area contributed by atoms with Crippen molar-refractivity contribution in [1.82, 2.24) is 10.6 Å². The van der Waals surface area contributed by atoms with Gasteiger partial charge in [0.25, 0.3) is 0 Å². The summed E-state index contributed by atoms with van der Waals surface area (Å²) in [6.45, 7) is 4.21. The molecule has 2 fully saturated rings. The SMILES string of the molecule is CC1CCNC(C(F)C2CCCCN2)C1. The highest BCUT2D eigenvalue weighted by molar-refractivity contribution is 4.91. The molecule has 88 valence electrons. The Morgan fingerprint density at radius 1 is 1.07 bits per heavy atom.